The third kappa shape index (κ3) is 3.13. The van der Waals surface area contributed by atoms with E-state index in [0.717, 1.165) is 11.1 Å². The quantitative estimate of drug-likeness (QED) is 0.467. The van der Waals surface area contributed by atoms with Crippen molar-refractivity contribution in [2.75, 3.05) is 12.3 Å². The molecular weight excluding hydrogens is 190 g/mol. The SMILES string of the molecule is CCOC(=O)C=Cc1c(C)cccc1N. The summed E-state index contributed by atoms with van der Waals surface area (Å²) < 4.78 is 4.78. The molecule has 1 aromatic carbocycles. The molecule has 0 atom stereocenters. The van der Waals surface area contributed by atoms with Crippen LogP contribution in [0.2, 0.25) is 0 Å². The Morgan fingerprint density at radius 3 is 2.87 bits per heavy atom. The summed E-state index contributed by atoms with van der Waals surface area (Å²) in [7, 11) is 0. The largest absolute Gasteiger partial charge is 0.463 e. The highest BCUT2D eigenvalue weighted by atomic mass is 16.5. The number of anilines is 1. The van der Waals surface area contributed by atoms with Crippen molar-refractivity contribution in [3.05, 3.63) is 35.4 Å². The highest BCUT2D eigenvalue weighted by molar-refractivity contribution is 5.88. The second-order valence-corrected chi connectivity index (χ2v) is 3.16. The molecule has 0 bridgehead atoms. The molecule has 80 valence electrons. The van der Waals surface area contributed by atoms with E-state index in [0.29, 0.717) is 12.3 Å². The first kappa shape index (κ1) is 11.3. The summed E-state index contributed by atoms with van der Waals surface area (Å²) in [6, 6.07) is 5.63. The molecule has 0 fully saturated rings. The van der Waals surface area contributed by atoms with Crippen molar-refractivity contribution in [1.82, 2.24) is 0 Å². The number of carbonyl (C=O) groups is 1. The van der Waals surface area contributed by atoms with Gasteiger partial charge in [-0.15, -0.1) is 0 Å². The van der Waals surface area contributed by atoms with Crippen molar-refractivity contribution in [2.45, 2.75) is 13.8 Å². The maximum absolute atomic E-state index is 11.1. The van der Waals surface area contributed by atoms with Gasteiger partial charge in [-0.3, -0.25) is 0 Å². The van der Waals surface area contributed by atoms with Crippen LogP contribution in [0.4, 0.5) is 5.69 Å². The molecule has 0 heterocycles. The normalized spacial score (nSPS) is 10.5. The molecule has 0 aliphatic carbocycles. The minimum atomic E-state index is -0.347. The van der Waals surface area contributed by atoms with Gasteiger partial charge in [-0.2, -0.15) is 0 Å². The molecular formula is C12H15NO2. The highest BCUT2D eigenvalue weighted by Crippen LogP contribution is 2.17. The predicted octanol–water partition coefficient (Wildman–Crippen LogP) is 2.15. The van der Waals surface area contributed by atoms with Crippen LogP contribution in [0.25, 0.3) is 6.08 Å². The van der Waals surface area contributed by atoms with Crippen molar-refractivity contribution >= 4 is 17.7 Å². The summed E-state index contributed by atoms with van der Waals surface area (Å²) in [6.07, 6.45) is 3.07. The fourth-order valence-corrected chi connectivity index (χ4v) is 1.27. The summed E-state index contributed by atoms with van der Waals surface area (Å²) in [5.41, 5.74) is 8.34. The first-order chi connectivity index (χ1) is 7.15. The van der Waals surface area contributed by atoms with Crippen molar-refractivity contribution in [2.24, 2.45) is 0 Å². The lowest BCUT2D eigenvalue weighted by atomic mass is 10.1. The van der Waals surface area contributed by atoms with Crippen LogP contribution in [0.3, 0.4) is 0 Å². The second-order valence-electron chi connectivity index (χ2n) is 3.16. The van der Waals surface area contributed by atoms with Crippen LogP contribution in [0.15, 0.2) is 24.3 Å². The van der Waals surface area contributed by atoms with E-state index in [9.17, 15) is 4.79 Å². The van der Waals surface area contributed by atoms with E-state index in [2.05, 4.69) is 0 Å². The molecule has 0 aromatic heterocycles. The molecule has 0 spiro atoms. The maximum Gasteiger partial charge on any atom is 0.330 e. The Balaban J connectivity index is 2.84. The third-order valence-corrected chi connectivity index (χ3v) is 2.03. The monoisotopic (exact) mass is 205 g/mol. The average Bonchev–Trinajstić information content (AvgIpc) is 2.17. The summed E-state index contributed by atoms with van der Waals surface area (Å²) in [5.74, 6) is -0.347. The first-order valence-electron chi connectivity index (χ1n) is 4.85. The Morgan fingerprint density at radius 1 is 1.53 bits per heavy atom. The van der Waals surface area contributed by atoms with Gasteiger partial charge in [0.15, 0.2) is 0 Å². The van der Waals surface area contributed by atoms with Gasteiger partial charge in [0.05, 0.1) is 6.61 Å². The van der Waals surface area contributed by atoms with E-state index in [-0.39, 0.29) is 5.97 Å². The van der Waals surface area contributed by atoms with Gasteiger partial charge in [-0.25, -0.2) is 4.79 Å². The molecule has 0 aliphatic heterocycles. The topological polar surface area (TPSA) is 52.3 Å². The molecule has 0 amide bonds. The molecule has 1 rings (SSSR count). The molecule has 0 radical (unpaired) electrons. The standard InChI is InChI=1S/C12H15NO2/c1-3-15-12(14)8-7-10-9(2)5-4-6-11(10)13/h4-8H,3,13H2,1-2H3. The molecule has 2 N–H and O–H groups in total. The Kier molecular flexibility index (Phi) is 3.92. The lowest BCUT2D eigenvalue weighted by molar-refractivity contribution is -0.137. The number of nitrogen functional groups attached to an aromatic ring is 1. The zero-order valence-corrected chi connectivity index (χ0v) is 8.99. The lowest BCUT2D eigenvalue weighted by Gasteiger charge is -2.03. The third-order valence-electron chi connectivity index (χ3n) is 2.03. The van der Waals surface area contributed by atoms with Crippen LogP contribution in [-0.2, 0) is 9.53 Å². The van der Waals surface area contributed by atoms with Gasteiger partial charge in [0.25, 0.3) is 0 Å². The number of ether oxygens (including phenoxy) is 1. The Morgan fingerprint density at radius 2 is 2.27 bits per heavy atom. The Hall–Kier alpha value is -1.77. The van der Waals surface area contributed by atoms with E-state index in [4.69, 9.17) is 10.5 Å². The maximum atomic E-state index is 11.1. The zero-order chi connectivity index (χ0) is 11.3. The molecule has 3 nitrogen and oxygen atoms in total. The summed E-state index contributed by atoms with van der Waals surface area (Å²) in [5, 5.41) is 0. The summed E-state index contributed by atoms with van der Waals surface area (Å²) in [4.78, 5) is 11.1. The van der Waals surface area contributed by atoms with E-state index >= 15 is 0 Å². The van der Waals surface area contributed by atoms with Crippen LogP contribution in [0.5, 0.6) is 0 Å². The van der Waals surface area contributed by atoms with E-state index in [1.807, 2.05) is 19.1 Å². The number of carbonyl (C=O) groups excluding carboxylic acids is 1. The van der Waals surface area contributed by atoms with Crippen LogP contribution >= 0.6 is 0 Å². The zero-order valence-electron chi connectivity index (χ0n) is 8.99. The smallest absolute Gasteiger partial charge is 0.330 e. The van der Waals surface area contributed by atoms with Gasteiger partial charge in [0.2, 0.25) is 0 Å². The Bertz CT molecular complexity index is 363. The summed E-state index contributed by atoms with van der Waals surface area (Å²) in [6.45, 7) is 4.10. The highest BCUT2D eigenvalue weighted by Gasteiger charge is 2.00. The number of esters is 1. The van der Waals surface area contributed by atoms with Gasteiger partial charge in [-0.1, -0.05) is 12.1 Å². The van der Waals surface area contributed by atoms with Gasteiger partial charge < -0.3 is 10.5 Å². The van der Waals surface area contributed by atoms with Crippen molar-refractivity contribution in [1.29, 1.82) is 0 Å². The van der Waals surface area contributed by atoms with Crippen molar-refractivity contribution < 1.29 is 9.53 Å². The molecule has 15 heavy (non-hydrogen) atoms. The molecule has 0 unspecified atom stereocenters. The Labute approximate surface area is 89.5 Å². The molecule has 1 aromatic rings. The number of hydrogen-bond donors (Lipinski definition) is 1. The number of nitrogens with two attached hydrogens (primary N) is 1. The minimum absolute atomic E-state index is 0.347. The number of aryl methyl sites for hydroxylation is 1. The fraction of sp³-hybridized carbons (Fsp3) is 0.250. The molecule has 0 aliphatic rings. The van der Waals surface area contributed by atoms with Gasteiger partial charge in [0.1, 0.15) is 0 Å². The average molecular weight is 205 g/mol. The number of rotatable bonds is 3. The van der Waals surface area contributed by atoms with E-state index in [1.54, 1.807) is 19.1 Å². The number of hydrogen-bond acceptors (Lipinski definition) is 3. The predicted molar refractivity (Wildman–Crippen MR) is 61.3 cm³/mol. The van der Waals surface area contributed by atoms with Gasteiger partial charge >= 0.3 is 5.97 Å². The van der Waals surface area contributed by atoms with Gasteiger partial charge in [-0.05, 0) is 31.6 Å². The molecule has 0 saturated carbocycles. The van der Waals surface area contributed by atoms with Crippen molar-refractivity contribution in [3.63, 3.8) is 0 Å². The van der Waals surface area contributed by atoms with E-state index < -0.39 is 0 Å². The molecule has 0 saturated heterocycles. The first-order valence-corrected chi connectivity index (χ1v) is 4.85. The van der Waals surface area contributed by atoms with Crippen LogP contribution in [0, 0.1) is 6.92 Å². The lowest BCUT2D eigenvalue weighted by Crippen LogP contribution is -1.99. The minimum Gasteiger partial charge on any atom is -0.463 e. The van der Waals surface area contributed by atoms with Crippen LogP contribution in [0.1, 0.15) is 18.1 Å². The van der Waals surface area contributed by atoms with Crippen LogP contribution in [-0.4, -0.2) is 12.6 Å². The molecule has 3 heteroatoms. The summed E-state index contributed by atoms with van der Waals surface area (Å²) >= 11 is 0. The van der Waals surface area contributed by atoms with Crippen LogP contribution < -0.4 is 5.73 Å². The second kappa shape index (κ2) is 5.20. The number of benzene rings is 1. The van der Waals surface area contributed by atoms with E-state index in [1.165, 1.54) is 6.08 Å². The fourth-order valence-electron chi connectivity index (χ4n) is 1.27. The van der Waals surface area contributed by atoms with Crippen molar-refractivity contribution in [3.8, 4) is 0 Å². The van der Waals surface area contributed by atoms with Gasteiger partial charge in [0, 0.05) is 17.3 Å².